The Morgan fingerprint density at radius 1 is 0.938 bits per heavy atom. The van der Waals surface area contributed by atoms with Gasteiger partial charge in [0.05, 0.1) is 4.83 Å². The molecule has 0 aromatic heterocycles. The van der Waals surface area contributed by atoms with Crippen LogP contribution in [0.25, 0.3) is 11.1 Å². The van der Waals surface area contributed by atoms with Crippen molar-refractivity contribution in [2.45, 2.75) is 4.83 Å². The van der Waals surface area contributed by atoms with Crippen molar-refractivity contribution in [2.75, 3.05) is 0 Å². The highest BCUT2D eigenvalue weighted by molar-refractivity contribution is 9.09. The number of alkyl halides is 1. The van der Waals surface area contributed by atoms with Gasteiger partial charge in [-0.1, -0.05) is 64.5 Å². The SMILES string of the molecule is O=CC(Br)c1cccc(-c2ccccc2)c1. The van der Waals surface area contributed by atoms with Crippen molar-refractivity contribution in [2.24, 2.45) is 0 Å². The molecule has 16 heavy (non-hydrogen) atoms. The van der Waals surface area contributed by atoms with Crippen LogP contribution in [0.2, 0.25) is 0 Å². The van der Waals surface area contributed by atoms with Crippen molar-refractivity contribution in [1.29, 1.82) is 0 Å². The summed E-state index contributed by atoms with van der Waals surface area (Å²) in [6.07, 6.45) is 0.893. The highest BCUT2D eigenvalue weighted by Crippen LogP contribution is 2.26. The molecule has 0 fully saturated rings. The normalized spacial score (nSPS) is 12.1. The number of carbonyl (C=O) groups excluding carboxylic acids is 1. The fraction of sp³-hybridized carbons (Fsp3) is 0.0714. The minimum Gasteiger partial charge on any atom is -0.302 e. The molecule has 0 radical (unpaired) electrons. The van der Waals surface area contributed by atoms with E-state index in [0.717, 1.165) is 23.0 Å². The Kier molecular flexibility index (Phi) is 3.52. The summed E-state index contributed by atoms with van der Waals surface area (Å²) in [5.41, 5.74) is 3.27. The minimum atomic E-state index is -0.226. The van der Waals surface area contributed by atoms with Gasteiger partial charge < -0.3 is 4.79 Å². The minimum absolute atomic E-state index is 0.226. The maximum Gasteiger partial charge on any atom is 0.138 e. The molecule has 1 unspecified atom stereocenters. The van der Waals surface area contributed by atoms with Gasteiger partial charge in [-0.15, -0.1) is 0 Å². The van der Waals surface area contributed by atoms with Crippen molar-refractivity contribution in [3.63, 3.8) is 0 Å². The molecule has 0 amide bonds. The average molecular weight is 275 g/mol. The first kappa shape index (κ1) is 11.1. The van der Waals surface area contributed by atoms with Crippen LogP contribution in [0.3, 0.4) is 0 Å². The van der Waals surface area contributed by atoms with E-state index in [1.165, 1.54) is 0 Å². The van der Waals surface area contributed by atoms with E-state index < -0.39 is 0 Å². The van der Waals surface area contributed by atoms with Crippen molar-refractivity contribution in [3.05, 3.63) is 60.2 Å². The Bertz CT molecular complexity index is 479. The molecule has 0 N–H and O–H groups in total. The Hall–Kier alpha value is -1.41. The highest BCUT2D eigenvalue weighted by atomic mass is 79.9. The lowest BCUT2D eigenvalue weighted by molar-refractivity contribution is -0.107. The predicted octanol–water partition coefficient (Wildman–Crippen LogP) is 3.99. The molecular formula is C14H11BrO. The van der Waals surface area contributed by atoms with E-state index in [2.05, 4.69) is 28.1 Å². The summed E-state index contributed by atoms with van der Waals surface area (Å²) < 4.78 is 0. The Labute approximate surface area is 103 Å². The van der Waals surface area contributed by atoms with Gasteiger partial charge in [-0.3, -0.25) is 0 Å². The van der Waals surface area contributed by atoms with Crippen molar-refractivity contribution < 1.29 is 4.79 Å². The molecule has 0 saturated heterocycles. The molecule has 0 heterocycles. The summed E-state index contributed by atoms with van der Waals surface area (Å²) in [6.45, 7) is 0. The molecule has 2 heteroatoms. The van der Waals surface area contributed by atoms with Gasteiger partial charge in [0.1, 0.15) is 6.29 Å². The van der Waals surface area contributed by atoms with Crippen LogP contribution in [-0.2, 0) is 4.79 Å². The maximum absolute atomic E-state index is 10.7. The van der Waals surface area contributed by atoms with Gasteiger partial charge in [-0.2, -0.15) is 0 Å². The van der Waals surface area contributed by atoms with E-state index in [-0.39, 0.29) is 4.83 Å². The van der Waals surface area contributed by atoms with Gasteiger partial charge in [0.15, 0.2) is 0 Å². The standard InChI is InChI=1S/C14H11BrO/c15-14(10-16)13-8-4-7-12(9-13)11-5-2-1-3-6-11/h1-10,14H. The molecule has 0 aliphatic heterocycles. The molecule has 0 aliphatic carbocycles. The van der Waals surface area contributed by atoms with Crippen LogP contribution in [-0.4, -0.2) is 6.29 Å². The third-order valence-electron chi connectivity index (χ3n) is 2.43. The zero-order chi connectivity index (χ0) is 11.4. The summed E-state index contributed by atoms with van der Waals surface area (Å²) in [7, 11) is 0. The molecular weight excluding hydrogens is 264 g/mol. The Balaban J connectivity index is 2.40. The lowest BCUT2D eigenvalue weighted by atomic mass is 10.0. The molecule has 2 aromatic carbocycles. The van der Waals surface area contributed by atoms with Crippen LogP contribution in [0.4, 0.5) is 0 Å². The van der Waals surface area contributed by atoms with Crippen LogP contribution >= 0.6 is 15.9 Å². The molecule has 80 valence electrons. The molecule has 0 bridgehead atoms. The zero-order valence-electron chi connectivity index (χ0n) is 8.64. The monoisotopic (exact) mass is 274 g/mol. The van der Waals surface area contributed by atoms with Crippen LogP contribution in [0.5, 0.6) is 0 Å². The topological polar surface area (TPSA) is 17.1 Å². The molecule has 2 rings (SSSR count). The van der Waals surface area contributed by atoms with Gasteiger partial charge in [0.2, 0.25) is 0 Å². The summed E-state index contributed by atoms with van der Waals surface area (Å²) in [4.78, 5) is 10.5. The molecule has 1 atom stereocenters. The quantitative estimate of drug-likeness (QED) is 0.611. The number of hydrogen-bond donors (Lipinski definition) is 0. The van der Waals surface area contributed by atoms with Crippen LogP contribution in [0.1, 0.15) is 10.4 Å². The molecule has 0 aliphatic rings. The smallest absolute Gasteiger partial charge is 0.138 e. The Morgan fingerprint density at radius 2 is 1.62 bits per heavy atom. The molecule has 0 saturated carbocycles. The van der Waals surface area contributed by atoms with Crippen LogP contribution in [0, 0.1) is 0 Å². The first-order valence-corrected chi connectivity index (χ1v) is 5.97. The number of rotatable bonds is 3. The van der Waals surface area contributed by atoms with Crippen molar-refractivity contribution in [1.82, 2.24) is 0 Å². The van der Waals surface area contributed by atoms with Crippen LogP contribution < -0.4 is 0 Å². The van der Waals surface area contributed by atoms with E-state index >= 15 is 0 Å². The largest absolute Gasteiger partial charge is 0.302 e. The van der Waals surface area contributed by atoms with Crippen molar-refractivity contribution >= 4 is 22.2 Å². The number of aldehydes is 1. The third kappa shape index (κ3) is 2.39. The average Bonchev–Trinajstić information content (AvgIpc) is 2.39. The van der Waals surface area contributed by atoms with Gasteiger partial charge in [0.25, 0.3) is 0 Å². The second-order valence-corrected chi connectivity index (χ2v) is 4.52. The summed E-state index contributed by atoms with van der Waals surface area (Å²) in [5.74, 6) is 0. The molecule has 0 spiro atoms. The molecule has 1 nitrogen and oxygen atoms in total. The van der Waals surface area contributed by atoms with Gasteiger partial charge in [0, 0.05) is 0 Å². The lowest BCUT2D eigenvalue weighted by Crippen LogP contribution is -1.90. The second-order valence-electron chi connectivity index (χ2n) is 3.53. The maximum atomic E-state index is 10.7. The number of hydrogen-bond acceptors (Lipinski definition) is 1. The number of carbonyl (C=O) groups is 1. The third-order valence-corrected chi connectivity index (χ3v) is 3.18. The molecule has 2 aromatic rings. The highest BCUT2D eigenvalue weighted by Gasteiger charge is 2.06. The fourth-order valence-electron chi connectivity index (χ4n) is 1.60. The van der Waals surface area contributed by atoms with E-state index in [4.69, 9.17) is 0 Å². The lowest BCUT2D eigenvalue weighted by Gasteiger charge is -2.06. The number of benzene rings is 2. The van der Waals surface area contributed by atoms with Crippen molar-refractivity contribution in [3.8, 4) is 11.1 Å². The van der Waals surface area contributed by atoms with E-state index in [0.29, 0.717) is 0 Å². The van der Waals surface area contributed by atoms with Gasteiger partial charge >= 0.3 is 0 Å². The first-order chi connectivity index (χ1) is 7.81. The van der Waals surface area contributed by atoms with Gasteiger partial charge in [-0.25, -0.2) is 0 Å². The zero-order valence-corrected chi connectivity index (χ0v) is 10.2. The van der Waals surface area contributed by atoms with Gasteiger partial charge in [-0.05, 0) is 22.8 Å². The van der Waals surface area contributed by atoms with E-state index in [9.17, 15) is 4.79 Å². The van der Waals surface area contributed by atoms with E-state index in [1.807, 2.05) is 42.5 Å². The summed E-state index contributed by atoms with van der Waals surface area (Å²) in [6, 6.07) is 18.1. The van der Waals surface area contributed by atoms with Crippen LogP contribution in [0.15, 0.2) is 54.6 Å². The summed E-state index contributed by atoms with van der Waals surface area (Å²) >= 11 is 3.32. The fourth-order valence-corrected chi connectivity index (χ4v) is 1.88. The predicted molar refractivity (Wildman–Crippen MR) is 69.6 cm³/mol. The first-order valence-electron chi connectivity index (χ1n) is 5.06. The number of halogens is 1. The second kappa shape index (κ2) is 5.08. The van der Waals surface area contributed by atoms with E-state index in [1.54, 1.807) is 0 Å². The Morgan fingerprint density at radius 3 is 2.31 bits per heavy atom. The summed E-state index contributed by atoms with van der Waals surface area (Å²) in [5, 5.41) is 0.